The van der Waals surface area contributed by atoms with Gasteiger partial charge in [0.2, 0.25) is 11.8 Å². The number of carboxylic acids is 1. The minimum Gasteiger partial charge on any atom is -0.481 e. The molecular weight excluding hydrogens is 256 g/mol. The van der Waals surface area contributed by atoms with Gasteiger partial charge in [0.1, 0.15) is 0 Å². The van der Waals surface area contributed by atoms with Crippen molar-refractivity contribution in [2.24, 2.45) is 11.3 Å². The third kappa shape index (κ3) is 3.02. The van der Waals surface area contributed by atoms with E-state index < -0.39 is 5.97 Å². The van der Waals surface area contributed by atoms with Gasteiger partial charge >= 0.3 is 5.97 Å². The Kier molecular flexibility index (Phi) is 3.76. The van der Waals surface area contributed by atoms with Gasteiger partial charge in [0.25, 0.3) is 0 Å². The van der Waals surface area contributed by atoms with Gasteiger partial charge in [0, 0.05) is 12.8 Å². The van der Waals surface area contributed by atoms with Gasteiger partial charge in [0.15, 0.2) is 0 Å². The topological polar surface area (TPSA) is 76.2 Å². The highest BCUT2D eigenvalue weighted by atomic mass is 16.4. The van der Waals surface area contributed by atoms with E-state index in [2.05, 4.69) is 10.2 Å². The first-order valence-electron chi connectivity index (χ1n) is 7.68. The number of aromatic nitrogens is 2. The Hall–Kier alpha value is -1.39. The molecule has 1 heterocycles. The fraction of sp³-hybridized carbons (Fsp3) is 0.800. The quantitative estimate of drug-likeness (QED) is 0.865. The summed E-state index contributed by atoms with van der Waals surface area (Å²) < 4.78 is 5.74. The summed E-state index contributed by atoms with van der Waals surface area (Å²) in [6.07, 6.45) is 9.70. The summed E-state index contributed by atoms with van der Waals surface area (Å²) in [5, 5.41) is 17.4. The van der Waals surface area contributed by atoms with Crippen LogP contribution in [0.2, 0.25) is 0 Å². The summed E-state index contributed by atoms with van der Waals surface area (Å²) >= 11 is 0. The first-order chi connectivity index (χ1) is 9.65. The molecule has 0 unspecified atom stereocenters. The van der Waals surface area contributed by atoms with Crippen molar-refractivity contribution in [3.05, 3.63) is 11.8 Å². The Morgan fingerprint density at radius 3 is 2.50 bits per heavy atom. The molecule has 110 valence electrons. The van der Waals surface area contributed by atoms with Crippen molar-refractivity contribution in [3.8, 4) is 0 Å². The molecule has 0 saturated heterocycles. The highest BCUT2D eigenvalue weighted by molar-refractivity contribution is 5.67. The molecule has 0 amide bonds. The number of rotatable bonds is 6. The van der Waals surface area contributed by atoms with Crippen LogP contribution in [0.15, 0.2) is 4.42 Å². The minimum absolute atomic E-state index is 0.161. The predicted octanol–water partition coefficient (Wildman–Crippen LogP) is 2.99. The summed E-state index contributed by atoms with van der Waals surface area (Å²) in [7, 11) is 0. The second-order valence-corrected chi connectivity index (χ2v) is 6.54. The van der Waals surface area contributed by atoms with E-state index >= 15 is 0 Å². The fourth-order valence-electron chi connectivity index (χ4n) is 3.57. The molecule has 0 aliphatic heterocycles. The SMILES string of the molecule is O=C(O)CC1(Cc2nnc(CC3CCC3)o2)CCCC1. The molecule has 0 aromatic carbocycles. The van der Waals surface area contributed by atoms with Gasteiger partial charge in [-0.3, -0.25) is 4.79 Å². The standard InChI is InChI=1S/C15H22N2O3/c18-14(19)10-15(6-1-2-7-15)9-13-17-16-12(20-13)8-11-4-3-5-11/h11H,1-10H2,(H,18,19). The predicted molar refractivity (Wildman–Crippen MR) is 72.2 cm³/mol. The molecule has 0 atom stereocenters. The van der Waals surface area contributed by atoms with Crippen molar-refractivity contribution in [2.75, 3.05) is 0 Å². The van der Waals surface area contributed by atoms with E-state index in [0.29, 0.717) is 18.2 Å². The first-order valence-corrected chi connectivity index (χ1v) is 7.68. The van der Waals surface area contributed by atoms with Crippen LogP contribution in [-0.4, -0.2) is 21.3 Å². The molecule has 5 nitrogen and oxygen atoms in total. The summed E-state index contributed by atoms with van der Waals surface area (Å²) in [4.78, 5) is 11.1. The van der Waals surface area contributed by atoms with Crippen molar-refractivity contribution in [3.63, 3.8) is 0 Å². The molecule has 1 N–H and O–H groups in total. The molecular formula is C15H22N2O3. The van der Waals surface area contributed by atoms with E-state index in [1.807, 2.05) is 0 Å². The maximum absolute atomic E-state index is 11.1. The van der Waals surface area contributed by atoms with E-state index in [1.54, 1.807) is 0 Å². The maximum Gasteiger partial charge on any atom is 0.303 e. The highest BCUT2D eigenvalue weighted by Gasteiger charge is 2.37. The van der Waals surface area contributed by atoms with E-state index in [0.717, 1.165) is 38.0 Å². The van der Waals surface area contributed by atoms with Gasteiger partial charge in [-0.2, -0.15) is 0 Å². The van der Waals surface area contributed by atoms with E-state index in [9.17, 15) is 4.79 Å². The maximum atomic E-state index is 11.1. The van der Waals surface area contributed by atoms with Crippen LogP contribution >= 0.6 is 0 Å². The molecule has 2 aliphatic rings. The van der Waals surface area contributed by atoms with Crippen LogP contribution < -0.4 is 0 Å². The van der Waals surface area contributed by atoms with Gasteiger partial charge in [-0.1, -0.05) is 19.3 Å². The third-order valence-electron chi connectivity index (χ3n) is 4.91. The molecule has 20 heavy (non-hydrogen) atoms. The van der Waals surface area contributed by atoms with Crippen LogP contribution in [0.25, 0.3) is 0 Å². The molecule has 0 spiro atoms. The number of hydrogen-bond acceptors (Lipinski definition) is 4. The summed E-state index contributed by atoms with van der Waals surface area (Å²) in [6, 6.07) is 0. The minimum atomic E-state index is -0.721. The van der Waals surface area contributed by atoms with E-state index in [-0.39, 0.29) is 11.8 Å². The van der Waals surface area contributed by atoms with Crippen molar-refractivity contribution in [2.45, 2.75) is 64.2 Å². The Morgan fingerprint density at radius 2 is 1.90 bits per heavy atom. The smallest absolute Gasteiger partial charge is 0.303 e. The number of hydrogen-bond donors (Lipinski definition) is 1. The Balaban J connectivity index is 1.64. The number of carbonyl (C=O) groups is 1. The number of aliphatic carboxylic acids is 1. The summed E-state index contributed by atoms with van der Waals surface area (Å²) in [6.45, 7) is 0. The van der Waals surface area contributed by atoms with E-state index in [1.165, 1.54) is 19.3 Å². The normalized spacial score (nSPS) is 21.8. The Morgan fingerprint density at radius 1 is 1.20 bits per heavy atom. The zero-order chi connectivity index (χ0) is 14.0. The van der Waals surface area contributed by atoms with Crippen LogP contribution in [0.4, 0.5) is 0 Å². The fourth-order valence-corrected chi connectivity index (χ4v) is 3.57. The van der Waals surface area contributed by atoms with Crippen LogP contribution in [0.3, 0.4) is 0 Å². The monoisotopic (exact) mass is 278 g/mol. The summed E-state index contributed by atoms with van der Waals surface area (Å²) in [5.74, 6) is 1.35. The van der Waals surface area contributed by atoms with Crippen LogP contribution in [0.5, 0.6) is 0 Å². The first kappa shape index (κ1) is 13.6. The highest BCUT2D eigenvalue weighted by Crippen LogP contribution is 2.43. The zero-order valence-electron chi connectivity index (χ0n) is 11.8. The van der Waals surface area contributed by atoms with Gasteiger partial charge < -0.3 is 9.52 Å². The van der Waals surface area contributed by atoms with Crippen LogP contribution in [-0.2, 0) is 17.6 Å². The lowest BCUT2D eigenvalue weighted by Crippen LogP contribution is -2.24. The molecule has 1 aromatic rings. The molecule has 2 saturated carbocycles. The lowest BCUT2D eigenvalue weighted by molar-refractivity contribution is -0.139. The number of nitrogens with zero attached hydrogens (tertiary/aromatic N) is 2. The molecule has 0 radical (unpaired) electrons. The molecule has 2 fully saturated rings. The lowest BCUT2D eigenvalue weighted by atomic mass is 9.79. The lowest BCUT2D eigenvalue weighted by Gasteiger charge is -2.25. The molecule has 0 bridgehead atoms. The van der Waals surface area contributed by atoms with Gasteiger partial charge in [0.05, 0.1) is 6.42 Å². The molecule has 5 heteroatoms. The van der Waals surface area contributed by atoms with Crippen molar-refractivity contribution < 1.29 is 14.3 Å². The molecule has 3 rings (SSSR count). The second kappa shape index (κ2) is 5.54. The van der Waals surface area contributed by atoms with Gasteiger partial charge in [-0.25, -0.2) is 0 Å². The van der Waals surface area contributed by atoms with Gasteiger partial charge in [-0.05, 0) is 37.0 Å². The average Bonchev–Trinajstić information content (AvgIpc) is 2.94. The van der Waals surface area contributed by atoms with Gasteiger partial charge in [-0.15, -0.1) is 10.2 Å². The zero-order valence-corrected chi connectivity index (χ0v) is 11.8. The van der Waals surface area contributed by atoms with Crippen LogP contribution in [0, 0.1) is 11.3 Å². The van der Waals surface area contributed by atoms with E-state index in [4.69, 9.17) is 9.52 Å². The van der Waals surface area contributed by atoms with Crippen molar-refractivity contribution in [1.29, 1.82) is 0 Å². The average molecular weight is 278 g/mol. The van der Waals surface area contributed by atoms with Crippen LogP contribution in [0.1, 0.15) is 63.1 Å². The molecule has 1 aromatic heterocycles. The third-order valence-corrected chi connectivity index (χ3v) is 4.91. The Labute approximate surface area is 118 Å². The largest absolute Gasteiger partial charge is 0.481 e. The second-order valence-electron chi connectivity index (χ2n) is 6.54. The Bertz CT molecular complexity index is 473. The van der Waals surface area contributed by atoms with Crippen molar-refractivity contribution in [1.82, 2.24) is 10.2 Å². The van der Waals surface area contributed by atoms with Crippen molar-refractivity contribution >= 4 is 5.97 Å². The number of carboxylic acid groups (broad SMARTS) is 1. The molecule has 2 aliphatic carbocycles. The summed E-state index contributed by atoms with van der Waals surface area (Å²) in [5.41, 5.74) is -0.161.